The van der Waals surface area contributed by atoms with E-state index in [0.29, 0.717) is 19.6 Å². The van der Waals surface area contributed by atoms with Gasteiger partial charge in [0.15, 0.2) is 5.25 Å². The highest BCUT2D eigenvalue weighted by atomic mass is 32.2. The zero-order valence-electron chi connectivity index (χ0n) is 8.80. The topological polar surface area (TPSA) is 86.7 Å². The van der Waals surface area contributed by atoms with Crippen LogP contribution in [0.15, 0.2) is 0 Å². The van der Waals surface area contributed by atoms with Crippen LogP contribution in [0.5, 0.6) is 0 Å². The molecule has 2 atom stereocenters. The number of sulfonamides is 1. The normalized spacial score (nSPS) is 26.1. The van der Waals surface area contributed by atoms with E-state index in [1.165, 1.54) is 11.2 Å². The van der Waals surface area contributed by atoms with Gasteiger partial charge in [-0.3, -0.25) is 4.79 Å². The van der Waals surface area contributed by atoms with Crippen molar-refractivity contribution in [3.8, 4) is 0 Å². The van der Waals surface area contributed by atoms with Crippen molar-refractivity contribution in [2.45, 2.75) is 25.1 Å². The molecule has 7 heteroatoms. The molecule has 88 valence electrons. The summed E-state index contributed by atoms with van der Waals surface area (Å²) in [5.74, 6) is -1.30. The molecule has 1 heterocycles. The number of aliphatic carboxylic acids is 1. The highest BCUT2D eigenvalue weighted by Gasteiger charge is 2.37. The summed E-state index contributed by atoms with van der Waals surface area (Å²) in [7, 11) is -3.72. The highest BCUT2D eigenvalue weighted by Crippen LogP contribution is 2.14. The third-order valence-corrected chi connectivity index (χ3v) is 4.85. The lowest BCUT2D eigenvalue weighted by molar-refractivity contribution is -0.136. The van der Waals surface area contributed by atoms with Crippen molar-refractivity contribution in [3.05, 3.63) is 0 Å². The van der Waals surface area contributed by atoms with Gasteiger partial charge in [-0.05, 0) is 13.8 Å². The standard InChI is InChI=1S/C8H16N2O4S/c1-6-5-9-3-4-10(6)15(13,14)7(2)8(11)12/h6-7,9H,3-5H2,1-2H3,(H,11,12). The Morgan fingerprint density at radius 2 is 2.20 bits per heavy atom. The van der Waals surface area contributed by atoms with Crippen molar-refractivity contribution in [3.63, 3.8) is 0 Å². The molecular formula is C8H16N2O4S. The first-order valence-corrected chi connectivity index (χ1v) is 6.32. The molecule has 0 bridgehead atoms. The van der Waals surface area contributed by atoms with Crippen molar-refractivity contribution >= 4 is 16.0 Å². The summed E-state index contributed by atoms with van der Waals surface area (Å²) >= 11 is 0. The largest absolute Gasteiger partial charge is 0.480 e. The molecule has 1 saturated heterocycles. The molecule has 0 aliphatic carbocycles. The summed E-state index contributed by atoms with van der Waals surface area (Å²) in [5, 5.41) is 10.4. The molecule has 0 aromatic carbocycles. The van der Waals surface area contributed by atoms with Gasteiger partial charge in [-0.1, -0.05) is 0 Å². The molecule has 1 rings (SSSR count). The van der Waals surface area contributed by atoms with E-state index in [4.69, 9.17) is 5.11 Å². The summed E-state index contributed by atoms with van der Waals surface area (Å²) < 4.78 is 25.0. The minimum atomic E-state index is -3.72. The second-order valence-electron chi connectivity index (χ2n) is 3.69. The molecule has 2 N–H and O–H groups in total. The average molecular weight is 236 g/mol. The SMILES string of the molecule is CC1CNCCN1S(=O)(=O)C(C)C(=O)O. The molecule has 0 saturated carbocycles. The lowest BCUT2D eigenvalue weighted by Crippen LogP contribution is -2.55. The molecule has 2 unspecified atom stereocenters. The van der Waals surface area contributed by atoms with Crippen molar-refractivity contribution in [2.24, 2.45) is 0 Å². The molecule has 0 aromatic rings. The second-order valence-corrected chi connectivity index (χ2v) is 5.90. The highest BCUT2D eigenvalue weighted by molar-refractivity contribution is 7.90. The Kier molecular flexibility index (Phi) is 3.69. The molecule has 0 spiro atoms. The maximum atomic E-state index is 11.9. The minimum Gasteiger partial charge on any atom is -0.480 e. The van der Waals surface area contributed by atoms with E-state index >= 15 is 0 Å². The fourth-order valence-electron chi connectivity index (χ4n) is 1.53. The summed E-state index contributed by atoms with van der Waals surface area (Å²) in [5.41, 5.74) is 0. The first kappa shape index (κ1) is 12.4. The minimum absolute atomic E-state index is 0.189. The number of rotatable bonds is 3. The van der Waals surface area contributed by atoms with Crippen LogP contribution in [0.2, 0.25) is 0 Å². The maximum absolute atomic E-state index is 11.9. The van der Waals surface area contributed by atoms with Gasteiger partial charge in [0.1, 0.15) is 0 Å². The lowest BCUT2D eigenvalue weighted by Gasteiger charge is -2.33. The van der Waals surface area contributed by atoms with Gasteiger partial charge in [-0.2, -0.15) is 4.31 Å². The number of carbonyl (C=O) groups is 1. The Balaban J connectivity index is 2.89. The molecule has 1 aliphatic rings. The number of piperazine rings is 1. The Hall–Kier alpha value is -0.660. The van der Waals surface area contributed by atoms with Crippen molar-refractivity contribution in [1.29, 1.82) is 0 Å². The molecule has 1 aliphatic heterocycles. The van der Waals surface area contributed by atoms with Crippen molar-refractivity contribution in [1.82, 2.24) is 9.62 Å². The quantitative estimate of drug-likeness (QED) is 0.662. The van der Waals surface area contributed by atoms with Gasteiger partial charge < -0.3 is 10.4 Å². The number of hydrogen-bond donors (Lipinski definition) is 2. The Morgan fingerprint density at radius 1 is 1.60 bits per heavy atom. The predicted octanol–water partition coefficient (Wildman–Crippen LogP) is -0.917. The van der Waals surface area contributed by atoms with E-state index in [2.05, 4.69) is 5.32 Å². The molecule has 0 amide bonds. The van der Waals surface area contributed by atoms with Crippen LogP contribution >= 0.6 is 0 Å². The lowest BCUT2D eigenvalue weighted by atomic mass is 10.3. The van der Waals surface area contributed by atoms with Gasteiger partial charge in [0.2, 0.25) is 10.0 Å². The first-order chi connectivity index (χ1) is 6.87. The van der Waals surface area contributed by atoms with Gasteiger partial charge >= 0.3 is 5.97 Å². The van der Waals surface area contributed by atoms with Crippen molar-refractivity contribution in [2.75, 3.05) is 19.6 Å². The average Bonchev–Trinajstić information content (AvgIpc) is 2.16. The molecule has 1 fully saturated rings. The third kappa shape index (κ3) is 2.47. The molecule has 0 radical (unpaired) electrons. The fraction of sp³-hybridized carbons (Fsp3) is 0.875. The predicted molar refractivity (Wildman–Crippen MR) is 55.1 cm³/mol. The van der Waals surface area contributed by atoms with E-state index in [-0.39, 0.29) is 6.04 Å². The van der Waals surface area contributed by atoms with Crippen LogP contribution in [0.25, 0.3) is 0 Å². The monoisotopic (exact) mass is 236 g/mol. The van der Waals surface area contributed by atoms with Crippen LogP contribution in [0.1, 0.15) is 13.8 Å². The van der Waals surface area contributed by atoms with Crippen molar-refractivity contribution < 1.29 is 18.3 Å². The van der Waals surface area contributed by atoms with E-state index in [0.717, 1.165) is 0 Å². The summed E-state index contributed by atoms with van der Waals surface area (Å²) in [6, 6.07) is -0.189. The van der Waals surface area contributed by atoms with Crippen LogP contribution in [0.3, 0.4) is 0 Å². The van der Waals surface area contributed by atoms with Gasteiger partial charge in [0, 0.05) is 25.7 Å². The number of carboxylic acid groups (broad SMARTS) is 1. The smallest absolute Gasteiger partial charge is 0.323 e. The van der Waals surface area contributed by atoms with Gasteiger partial charge in [0.05, 0.1) is 0 Å². The zero-order valence-corrected chi connectivity index (χ0v) is 9.62. The first-order valence-electron chi connectivity index (χ1n) is 4.81. The maximum Gasteiger partial charge on any atom is 0.323 e. The molecule has 0 aromatic heterocycles. The number of hydrogen-bond acceptors (Lipinski definition) is 4. The number of nitrogens with zero attached hydrogens (tertiary/aromatic N) is 1. The van der Waals surface area contributed by atoms with Gasteiger partial charge in [-0.15, -0.1) is 0 Å². The molecule has 6 nitrogen and oxygen atoms in total. The van der Waals surface area contributed by atoms with Gasteiger partial charge in [0.25, 0.3) is 0 Å². The number of nitrogens with one attached hydrogen (secondary N) is 1. The fourth-order valence-corrected chi connectivity index (χ4v) is 3.11. The number of carboxylic acids is 1. The van der Waals surface area contributed by atoms with E-state index in [9.17, 15) is 13.2 Å². The van der Waals surface area contributed by atoms with Crippen LogP contribution in [-0.2, 0) is 14.8 Å². The Morgan fingerprint density at radius 3 is 2.67 bits per heavy atom. The van der Waals surface area contributed by atoms with E-state index in [1.54, 1.807) is 6.92 Å². The van der Waals surface area contributed by atoms with Crippen LogP contribution < -0.4 is 5.32 Å². The van der Waals surface area contributed by atoms with Gasteiger partial charge in [-0.25, -0.2) is 8.42 Å². The Labute approximate surface area is 89.3 Å². The van der Waals surface area contributed by atoms with E-state index < -0.39 is 21.2 Å². The van der Waals surface area contributed by atoms with E-state index in [1.807, 2.05) is 0 Å². The summed E-state index contributed by atoms with van der Waals surface area (Å²) in [6.07, 6.45) is 0. The van der Waals surface area contributed by atoms with Crippen LogP contribution in [0, 0.1) is 0 Å². The molecular weight excluding hydrogens is 220 g/mol. The Bertz CT molecular complexity index is 341. The zero-order chi connectivity index (χ0) is 11.6. The third-order valence-electron chi connectivity index (χ3n) is 2.56. The van der Waals surface area contributed by atoms with Crippen LogP contribution in [0.4, 0.5) is 0 Å². The second kappa shape index (κ2) is 4.46. The van der Waals surface area contributed by atoms with Crippen LogP contribution in [-0.4, -0.2) is 54.7 Å². The summed E-state index contributed by atoms with van der Waals surface area (Å²) in [6.45, 7) is 4.42. The summed E-state index contributed by atoms with van der Waals surface area (Å²) in [4.78, 5) is 10.7. The molecule has 15 heavy (non-hydrogen) atoms.